The minimum absolute atomic E-state index is 0.0378. The molecule has 0 saturated heterocycles. The van der Waals surface area contributed by atoms with Gasteiger partial charge in [-0.05, 0) is 43.4 Å². The molecule has 184 valence electrons. The first kappa shape index (κ1) is 28.4. The van der Waals surface area contributed by atoms with Crippen molar-refractivity contribution < 1.29 is 34.1 Å². The van der Waals surface area contributed by atoms with E-state index in [4.69, 9.17) is 11.2 Å². The molecule has 2 atom stereocenters. The summed E-state index contributed by atoms with van der Waals surface area (Å²) in [6.45, 7) is 11.2. The van der Waals surface area contributed by atoms with E-state index in [1.807, 2.05) is 27.7 Å². The van der Waals surface area contributed by atoms with Crippen molar-refractivity contribution in [3.05, 3.63) is 11.3 Å². The van der Waals surface area contributed by atoms with Crippen LogP contribution in [0.3, 0.4) is 0 Å². The summed E-state index contributed by atoms with van der Waals surface area (Å²) in [5.74, 6) is -0.442. The number of ether oxygens (including phenoxy) is 1. The van der Waals surface area contributed by atoms with Crippen LogP contribution < -0.4 is 0 Å². The second kappa shape index (κ2) is 11.5. The van der Waals surface area contributed by atoms with E-state index in [-0.39, 0.29) is 49.9 Å². The standard InChI is InChI=1S/C26H38O7/c1-8-9-13-25(14-12-17(4)5)22(29)21(19(27)15-18(6)7)23(30)26(25,33-24(31)32)20(28)11-10-16(2)3/h1,16-18,30H,9-15H2,2-7H3,(H,31,32)/t25-,26-/m1/s1. The molecule has 0 aliphatic heterocycles. The van der Waals surface area contributed by atoms with Crippen molar-refractivity contribution in [2.24, 2.45) is 23.2 Å². The van der Waals surface area contributed by atoms with Gasteiger partial charge in [-0.15, -0.1) is 12.3 Å². The minimum atomic E-state index is -2.49. The van der Waals surface area contributed by atoms with Crippen molar-refractivity contribution in [2.75, 3.05) is 0 Å². The van der Waals surface area contributed by atoms with E-state index in [2.05, 4.69) is 5.92 Å². The number of terminal acetylenes is 1. The molecule has 1 aliphatic carbocycles. The maximum Gasteiger partial charge on any atom is 0.507 e. The second-order valence-corrected chi connectivity index (χ2v) is 10.2. The number of allylic oxidation sites excluding steroid dienone is 1. The Balaban J connectivity index is 3.93. The number of carbonyl (C=O) groups excluding carboxylic acids is 3. The highest BCUT2D eigenvalue weighted by Gasteiger charge is 2.71. The Kier molecular flexibility index (Phi) is 9.89. The molecule has 0 fully saturated rings. The fourth-order valence-corrected chi connectivity index (χ4v) is 4.49. The van der Waals surface area contributed by atoms with Gasteiger partial charge in [0, 0.05) is 19.3 Å². The number of hydrogen-bond acceptors (Lipinski definition) is 6. The molecule has 33 heavy (non-hydrogen) atoms. The van der Waals surface area contributed by atoms with Gasteiger partial charge in [-0.2, -0.15) is 0 Å². The molecule has 0 aromatic carbocycles. The number of carboxylic acid groups (broad SMARTS) is 1. The first-order chi connectivity index (χ1) is 15.3. The lowest BCUT2D eigenvalue weighted by Crippen LogP contribution is -2.58. The molecule has 0 heterocycles. The molecule has 0 amide bonds. The highest BCUT2D eigenvalue weighted by molar-refractivity contribution is 6.27. The summed E-state index contributed by atoms with van der Waals surface area (Å²) < 4.78 is 5.22. The van der Waals surface area contributed by atoms with Gasteiger partial charge in [0.15, 0.2) is 23.1 Å². The molecule has 0 radical (unpaired) electrons. The third-order valence-corrected chi connectivity index (χ3v) is 6.20. The number of carbonyl (C=O) groups is 4. The molecule has 2 N–H and O–H groups in total. The summed E-state index contributed by atoms with van der Waals surface area (Å²) in [6.07, 6.45) is 4.37. The van der Waals surface area contributed by atoms with Crippen LogP contribution in [0, 0.1) is 35.5 Å². The third kappa shape index (κ3) is 5.85. The first-order valence-electron chi connectivity index (χ1n) is 11.7. The highest BCUT2D eigenvalue weighted by Crippen LogP contribution is 2.56. The quantitative estimate of drug-likeness (QED) is 0.217. The summed E-state index contributed by atoms with van der Waals surface area (Å²) in [5.41, 5.74) is -4.79. The van der Waals surface area contributed by atoms with E-state index in [9.17, 15) is 29.4 Å². The Morgan fingerprint density at radius 3 is 2.03 bits per heavy atom. The summed E-state index contributed by atoms with van der Waals surface area (Å²) in [7, 11) is 0. The largest absolute Gasteiger partial charge is 0.507 e. The highest BCUT2D eigenvalue weighted by atomic mass is 16.7. The Morgan fingerprint density at radius 1 is 1.00 bits per heavy atom. The Morgan fingerprint density at radius 2 is 1.58 bits per heavy atom. The number of Topliss-reactive ketones (excluding diaryl/α,β-unsaturated/α-hetero) is 3. The van der Waals surface area contributed by atoms with Crippen LogP contribution >= 0.6 is 0 Å². The maximum atomic E-state index is 13.9. The summed E-state index contributed by atoms with van der Waals surface area (Å²) >= 11 is 0. The predicted molar refractivity (Wildman–Crippen MR) is 125 cm³/mol. The van der Waals surface area contributed by atoms with Crippen LogP contribution in [0.2, 0.25) is 0 Å². The van der Waals surface area contributed by atoms with Gasteiger partial charge in [0.2, 0.25) is 5.60 Å². The molecule has 0 aromatic heterocycles. The fourth-order valence-electron chi connectivity index (χ4n) is 4.49. The third-order valence-electron chi connectivity index (χ3n) is 6.20. The Labute approximate surface area is 197 Å². The zero-order chi connectivity index (χ0) is 25.6. The van der Waals surface area contributed by atoms with Crippen molar-refractivity contribution in [1.29, 1.82) is 0 Å². The number of aliphatic hydroxyl groups is 1. The fraction of sp³-hybridized carbons (Fsp3) is 0.692. The zero-order valence-electron chi connectivity index (χ0n) is 20.7. The topological polar surface area (TPSA) is 118 Å². The molecular formula is C26H38O7. The van der Waals surface area contributed by atoms with E-state index >= 15 is 0 Å². The van der Waals surface area contributed by atoms with Gasteiger partial charge in [0.05, 0.1) is 5.41 Å². The van der Waals surface area contributed by atoms with Gasteiger partial charge in [0.1, 0.15) is 5.57 Å². The summed E-state index contributed by atoms with van der Waals surface area (Å²) in [6, 6.07) is 0. The molecular weight excluding hydrogens is 424 g/mol. The lowest BCUT2D eigenvalue weighted by molar-refractivity contribution is -0.162. The minimum Gasteiger partial charge on any atom is -0.507 e. The van der Waals surface area contributed by atoms with Gasteiger partial charge in [0.25, 0.3) is 0 Å². The average molecular weight is 463 g/mol. The normalized spacial score (nSPS) is 22.8. The lowest BCUT2D eigenvalue weighted by Gasteiger charge is -2.42. The number of hydrogen-bond donors (Lipinski definition) is 2. The van der Waals surface area contributed by atoms with Crippen molar-refractivity contribution in [1.82, 2.24) is 0 Å². The van der Waals surface area contributed by atoms with Gasteiger partial charge >= 0.3 is 6.16 Å². The van der Waals surface area contributed by atoms with Gasteiger partial charge in [-0.1, -0.05) is 41.5 Å². The molecule has 7 heteroatoms. The molecule has 7 nitrogen and oxygen atoms in total. The molecule has 0 spiro atoms. The van der Waals surface area contributed by atoms with Crippen LogP contribution in [0.25, 0.3) is 0 Å². The van der Waals surface area contributed by atoms with Gasteiger partial charge < -0.3 is 14.9 Å². The molecule has 0 bridgehead atoms. The van der Waals surface area contributed by atoms with E-state index in [0.717, 1.165) is 0 Å². The second-order valence-electron chi connectivity index (χ2n) is 10.2. The average Bonchev–Trinajstić information content (AvgIpc) is 2.86. The van der Waals surface area contributed by atoms with Crippen LogP contribution in [-0.2, 0) is 19.1 Å². The number of aliphatic hydroxyl groups excluding tert-OH is 1. The van der Waals surface area contributed by atoms with Crippen molar-refractivity contribution in [3.63, 3.8) is 0 Å². The summed E-state index contributed by atoms with van der Waals surface area (Å²) in [5, 5.41) is 20.9. The molecule has 0 unspecified atom stereocenters. The molecule has 1 rings (SSSR count). The van der Waals surface area contributed by atoms with Crippen LogP contribution in [0.4, 0.5) is 4.79 Å². The Hall–Kier alpha value is -2.62. The maximum absolute atomic E-state index is 13.9. The number of rotatable bonds is 13. The van der Waals surface area contributed by atoms with Gasteiger partial charge in [-0.3, -0.25) is 14.4 Å². The molecule has 1 aliphatic rings. The van der Waals surface area contributed by atoms with Crippen LogP contribution in [0.1, 0.15) is 86.5 Å². The van der Waals surface area contributed by atoms with Crippen LogP contribution in [0.15, 0.2) is 11.3 Å². The lowest BCUT2D eigenvalue weighted by atomic mass is 9.63. The van der Waals surface area contributed by atoms with Crippen molar-refractivity contribution in [3.8, 4) is 12.3 Å². The van der Waals surface area contributed by atoms with Crippen LogP contribution in [0.5, 0.6) is 0 Å². The van der Waals surface area contributed by atoms with Crippen molar-refractivity contribution in [2.45, 2.75) is 92.1 Å². The Bertz CT molecular complexity index is 843. The van der Waals surface area contributed by atoms with E-state index in [1.54, 1.807) is 13.8 Å². The summed E-state index contributed by atoms with van der Waals surface area (Å²) in [4.78, 5) is 52.5. The smallest absolute Gasteiger partial charge is 0.507 e. The van der Waals surface area contributed by atoms with Gasteiger partial charge in [-0.25, -0.2) is 4.79 Å². The van der Waals surface area contributed by atoms with Crippen LogP contribution in [-0.4, -0.2) is 39.3 Å². The monoisotopic (exact) mass is 462 g/mol. The predicted octanol–water partition coefficient (Wildman–Crippen LogP) is 5.27. The number of ketones is 3. The SMILES string of the molecule is C#CCC[C@@]1(CCC(C)C)C(=O)C(C(=O)CC(C)C)=C(O)[C@]1(OC(=O)O)C(=O)CCC(C)C. The van der Waals surface area contributed by atoms with E-state index < -0.39 is 45.9 Å². The molecule has 0 saturated carbocycles. The van der Waals surface area contributed by atoms with Crippen molar-refractivity contribution >= 4 is 23.5 Å². The first-order valence-corrected chi connectivity index (χ1v) is 11.7. The molecule has 0 aromatic rings. The zero-order valence-corrected chi connectivity index (χ0v) is 20.7. The van der Waals surface area contributed by atoms with E-state index in [0.29, 0.717) is 12.8 Å². The van der Waals surface area contributed by atoms with E-state index in [1.165, 1.54) is 0 Å².